The first-order chi connectivity index (χ1) is 29.1. The molecule has 0 saturated heterocycles. The summed E-state index contributed by atoms with van der Waals surface area (Å²) in [6.45, 7) is 3.62. The van der Waals surface area contributed by atoms with Gasteiger partial charge in [0, 0.05) is 18.2 Å². The fraction of sp³-hybridized carbons (Fsp3) is 0.136. The average Bonchev–Trinajstić information content (AvgIpc) is 3.24. The van der Waals surface area contributed by atoms with E-state index in [1.165, 1.54) is 50.6 Å². The van der Waals surface area contributed by atoms with E-state index in [1.54, 1.807) is 43.3 Å². The van der Waals surface area contributed by atoms with E-state index in [1.807, 2.05) is 19.1 Å². The van der Waals surface area contributed by atoms with Crippen molar-refractivity contribution in [3.05, 3.63) is 178 Å². The van der Waals surface area contributed by atoms with Crippen LogP contribution in [-0.4, -0.2) is 53.1 Å². The van der Waals surface area contributed by atoms with E-state index in [2.05, 4.69) is 24.8 Å². The van der Waals surface area contributed by atoms with Crippen LogP contribution in [0.4, 0.5) is 17.6 Å². The van der Waals surface area contributed by atoms with Crippen molar-refractivity contribution >= 4 is 23.8 Å². The minimum atomic E-state index is -1.38. The highest BCUT2D eigenvalue weighted by Crippen LogP contribution is 2.26. The molecular formula is C44H38F4N4O9. The topological polar surface area (TPSA) is 189 Å². The quantitative estimate of drug-likeness (QED) is 0.0832. The minimum Gasteiger partial charge on any atom is -0.477 e. The van der Waals surface area contributed by atoms with Crippen molar-refractivity contribution in [2.24, 2.45) is 5.73 Å². The molecule has 0 spiro atoms. The second-order valence-corrected chi connectivity index (χ2v) is 12.6. The number of hydrogen-bond donors (Lipinski definition) is 3. The molecular weight excluding hydrogens is 804 g/mol. The highest BCUT2D eigenvalue weighted by molar-refractivity contribution is 5.96. The van der Waals surface area contributed by atoms with Crippen LogP contribution in [0.25, 0.3) is 0 Å². The third-order valence-corrected chi connectivity index (χ3v) is 8.17. The van der Waals surface area contributed by atoms with Crippen molar-refractivity contribution in [2.75, 3.05) is 14.2 Å². The van der Waals surface area contributed by atoms with Crippen LogP contribution in [0.5, 0.6) is 23.3 Å². The molecule has 61 heavy (non-hydrogen) atoms. The molecule has 13 nitrogen and oxygen atoms in total. The smallest absolute Gasteiger partial charge is 0.341 e. The predicted octanol–water partition coefficient (Wildman–Crippen LogP) is 8.77. The molecule has 0 aliphatic heterocycles. The number of hydrogen-bond acceptors (Lipinski definition) is 11. The van der Waals surface area contributed by atoms with Crippen LogP contribution in [0.15, 0.2) is 122 Å². The van der Waals surface area contributed by atoms with Gasteiger partial charge in [-0.1, -0.05) is 36.4 Å². The maximum Gasteiger partial charge on any atom is 0.341 e. The number of halogens is 4. The summed E-state index contributed by atoms with van der Waals surface area (Å²) >= 11 is 0. The van der Waals surface area contributed by atoms with Gasteiger partial charge in [0.05, 0.1) is 43.8 Å². The molecule has 0 aliphatic rings. The van der Waals surface area contributed by atoms with E-state index in [0.29, 0.717) is 16.7 Å². The Balaban J connectivity index is 0.000000223. The lowest BCUT2D eigenvalue weighted by atomic mass is 10.1. The van der Waals surface area contributed by atoms with E-state index < -0.39 is 52.7 Å². The van der Waals surface area contributed by atoms with Crippen LogP contribution in [0.3, 0.4) is 0 Å². The first-order valence-corrected chi connectivity index (χ1v) is 17.9. The summed E-state index contributed by atoms with van der Waals surface area (Å²) in [5.41, 5.74) is 7.73. The summed E-state index contributed by atoms with van der Waals surface area (Å²) in [5, 5.41) is 11.6. The summed E-state index contributed by atoms with van der Waals surface area (Å²) < 4.78 is 72.7. The van der Waals surface area contributed by atoms with E-state index in [4.69, 9.17) is 20.3 Å². The van der Waals surface area contributed by atoms with Crippen molar-refractivity contribution in [1.29, 1.82) is 0 Å². The molecule has 0 saturated carbocycles. The number of nitrogens with two attached hydrogens (primary N) is 1. The number of aromatic nitrogens is 2. The fourth-order valence-electron chi connectivity index (χ4n) is 5.04. The number of nitrogens with zero attached hydrogens (tertiary/aromatic N) is 2. The van der Waals surface area contributed by atoms with Crippen LogP contribution in [0.2, 0.25) is 0 Å². The second kappa shape index (κ2) is 21.9. The first-order valence-electron chi connectivity index (χ1n) is 17.9. The molecule has 0 aliphatic carbocycles. The predicted molar refractivity (Wildman–Crippen MR) is 212 cm³/mol. The van der Waals surface area contributed by atoms with Crippen LogP contribution in [-0.2, 0) is 9.47 Å². The maximum atomic E-state index is 13.7. The van der Waals surface area contributed by atoms with Gasteiger partial charge in [-0.15, -0.1) is 0 Å². The monoisotopic (exact) mass is 842 g/mol. The van der Waals surface area contributed by atoms with Gasteiger partial charge in [-0.05, 0) is 85.6 Å². The lowest BCUT2D eigenvalue weighted by Crippen LogP contribution is -2.27. The van der Waals surface area contributed by atoms with Gasteiger partial charge in [0.15, 0.2) is 0 Å². The van der Waals surface area contributed by atoms with Crippen molar-refractivity contribution < 1.29 is 60.8 Å². The highest BCUT2D eigenvalue weighted by atomic mass is 19.1. The number of carboxylic acid groups (broad SMARTS) is 1. The van der Waals surface area contributed by atoms with Gasteiger partial charge in [-0.2, -0.15) is 0 Å². The Kier molecular flexibility index (Phi) is 16.5. The SMILES string of the molecule is COC(=O)c1ccc([C@H](C)N)cc1.COC(=O)c1ccc([C@H](C)NC(=O)c2cc(F)cnc2Oc2cccc(F)c2)cc1.O=C(O)c1cc(F)cnc1Oc1cccc(F)c1. The van der Waals surface area contributed by atoms with Gasteiger partial charge in [0.25, 0.3) is 5.91 Å². The van der Waals surface area contributed by atoms with Crippen LogP contribution < -0.4 is 20.5 Å². The third-order valence-electron chi connectivity index (χ3n) is 8.17. The molecule has 4 aromatic carbocycles. The van der Waals surface area contributed by atoms with Gasteiger partial charge in [-0.25, -0.2) is 41.9 Å². The zero-order valence-corrected chi connectivity index (χ0v) is 32.9. The largest absolute Gasteiger partial charge is 0.477 e. The van der Waals surface area contributed by atoms with Crippen molar-refractivity contribution in [2.45, 2.75) is 25.9 Å². The van der Waals surface area contributed by atoms with Gasteiger partial charge >= 0.3 is 17.9 Å². The van der Waals surface area contributed by atoms with Crippen molar-refractivity contribution in [1.82, 2.24) is 15.3 Å². The zero-order chi connectivity index (χ0) is 44.6. The summed E-state index contributed by atoms with van der Waals surface area (Å²) in [4.78, 5) is 53.5. The summed E-state index contributed by atoms with van der Waals surface area (Å²) in [6, 6.07) is 25.3. The Labute approximate surface area is 346 Å². The Hall–Kier alpha value is -7.66. The molecule has 0 fully saturated rings. The molecule has 1 amide bonds. The van der Waals surface area contributed by atoms with Crippen molar-refractivity contribution in [3.63, 3.8) is 0 Å². The van der Waals surface area contributed by atoms with E-state index in [-0.39, 0.29) is 40.8 Å². The van der Waals surface area contributed by atoms with Gasteiger partial charge in [0.2, 0.25) is 11.8 Å². The number of nitrogens with one attached hydrogen (secondary N) is 1. The van der Waals surface area contributed by atoms with E-state index in [0.717, 1.165) is 42.2 Å². The highest BCUT2D eigenvalue weighted by Gasteiger charge is 2.20. The number of carboxylic acids is 1. The number of rotatable bonds is 11. The standard InChI is InChI=1S/C22H18F2N2O4.C12H7F2NO3.C10H13NO2/c1-13(14-6-8-15(9-7-14)22(28)29-2)26-20(27)19-11-17(24)12-25-21(19)30-18-5-3-4-16(23)10-18;13-7-2-1-3-9(4-7)18-11-10(12(16)17)5-8(14)6-15-11;1-7(11)8-3-5-9(6-4-8)10(12)13-2/h3-13H,1-2H3,(H,26,27);1-6H,(H,16,17);3-7H,11H2,1-2H3/t13-;;7-/m0.0/s1. The second-order valence-electron chi connectivity index (χ2n) is 12.6. The lowest BCUT2D eigenvalue weighted by molar-refractivity contribution is 0.0592. The molecule has 0 unspecified atom stereocenters. The summed E-state index contributed by atoms with van der Waals surface area (Å²) in [6.07, 6.45) is 1.72. The molecule has 2 heterocycles. The Morgan fingerprint density at radius 1 is 0.607 bits per heavy atom. The zero-order valence-electron chi connectivity index (χ0n) is 32.9. The van der Waals surface area contributed by atoms with Gasteiger partial charge in [0.1, 0.15) is 45.9 Å². The Morgan fingerprint density at radius 3 is 1.44 bits per heavy atom. The number of aromatic carboxylic acids is 1. The normalized spacial score (nSPS) is 11.2. The van der Waals surface area contributed by atoms with Gasteiger partial charge < -0.3 is 35.1 Å². The first kappa shape index (κ1) is 46.0. The van der Waals surface area contributed by atoms with Crippen LogP contribution in [0.1, 0.15) is 78.5 Å². The minimum absolute atomic E-state index is 0.00769. The average molecular weight is 843 g/mol. The Bertz CT molecular complexity index is 2470. The summed E-state index contributed by atoms with van der Waals surface area (Å²) in [5.74, 6) is -5.63. The molecule has 0 bridgehead atoms. The molecule has 6 rings (SSSR count). The lowest BCUT2D eigenvalue weighted by Gasteiger charge is -2.16. The molecule has 2 aromatic heterocycles. The van der Waals surface area contributed by atoms with E-state index >= 15 is 0 Å². The van der Waals surface area contributed by atoms with Gasteiger partial charge in [-0.3, -0.25) is 4.79 Å². The van der Waals surface area contributed by atoms with E-state index in [9.17, 15) is 36.7 Å². The molecule has 4 N–H and O–H groups in total. The molecule has 6 aromatic rings. The molecule has 316 valence electrons. The molecule has 2 atom stereocenters. The maximum absolute atomic E-state index is 13.7. The molecule has 17 heteroatoms. The molecule has 0 radical (unpaired) electrons. The number of pyridine rings is 2. The third kappa shape index (κ3) is 13.7. The number of carbonyl (C=O) groups excluding carboxylic acids is 3. The van der Waals surface area contributed by atoms with Crippen LogP contribution >= 0.6 is 0 Å². The number of esters is 2. The number of amides is 1. The Morgan fingerprint density at radius 2 is 1.03 bits per heavy atom. The summed E-state index contributed by atoms with van der Waals surface area (Å²) in [7, 11) is 2.65. The fourth-order valence-corrected chi connectivity index (χ4v) is 5.04. The van der Waals surface area contributed by atoms with Crippen molar-refractivity contribution in [3.8, 4) is 23.3 Å². The number of carbonyl (C=O) groups is 4. The number of ether oxygens (including phenoxy) is 4. The van der Waals surface area contributed by atoms with Crippen LogP contribution in [0, 0.1) is 23.3 Å². The number of methoxy groups -OCH3 is 2. The number of benzene rings is 4.